The highest BCUT2D eigenvalue weighted by Gasteiger charge is 2.34. The van der Waals surface area contributed by atoms with Gasteiger partial charge in [-0.3, -0.25) is 9.59 Å². The fourth-order valence-corrected chi connectivity index (χ4v) is 3.62. The van der Waals surface area contributed by atoms with Gasteiger partial charge in [-0.05, 0) is 54.7 Å². The van der Waals surface area contributed by atoms with Gasteiger partial charge in [-0.1, -0.05) is 18.2 Å². The molecule has 2 amide bonds. The summed E-state index contributed by atoms with van der Waals surface area (Å²) in [5, 5.41) is 2.93. The lowest BCUT2D eigenvalue weighted by molar-refractivity contribution is -0.118. The largest absolute Gasteiger partial charge is 0.325 e. The van der Waals surface area contributed by atoms with Crippen molar-refractivity contribution in [2.75, 3.05) is 0 Å². The van der Waals surface area contributed by atoms with Gasteiger partial charge in [-0.25, -0.2) is 9.38 Å². The van der Waals surface area contributed by atoms with E-state index in [4.69, 9.17) is 0 Å². The lowest BCUT2D eigenvalue weighted by Gasteiger charge is -2.28. The highest BCUT2D eigenvalue weighted by atomic mass is 19.1. The molecule has 1 atom stereocenters. The monoisotopic (exact) mass is 336 g/mol. The van der Waals surface area contributed by atoms with Gasteiger partial charge in [0.1, 0.15) is 5.82 Å². The number of carbonyl (C=O) groups is 2. The number of aliphatic imine (C=N–C) groups is 1. The maximum Gasteiger partial charge on any atom is 0.251 e. The first-order valence-electron chi connectivity index (χ1n) is 8.39. The molecule has 1 unspecified atom stereocenters. The number of halogens is 1. The topological polar surface area (TPSA) is 58.5 Å². The van der Waals surface area contributed by atoms with Crippen LogP contribution in [0.15, 0.2) is 64.3 Å². The average molecular weight is 336 g/mol. The highest BCUT2D eigenvalue weighted by Crippen LogP contribution is 2.39. The summed E-state index contributed by atoms with van der Waals surface area (Å²) in [6.07, 6.45) is 8.53. The fourth-order valence-electron chi connectivity index (χ4n) is 3.62. The summed E-state index contributed by atoms with van der Waals surface area (Å²) in [7, 11) is 0. The molecule has 1 heterocycles. The number of allylic oxidation sites excluding steroid dienone is 3. The molecular weight excluding hydrogens is 319 g/mol. The molecule has 4 rings (SSSR count). The Kier molecular flexibility index (Phi) is 3.92. The van der Waals surface area contributed by atoms with E-state index in [1.165, 1.54) is 17.7 Å². The van der Waals surface area contributed by atoms with Crippen molar-refractivity contribution < 1.29 is 14.0 Å². The average Bonchev–Trinajstić information content (AvgIpc) is 3.07. The van der Waals surface area contributed by atoms with E-state index in [9.17, 15) is 14.0 Å². The van der Waals surface area contributed by atoms with Crippen LogP contribution in [0.4, 0.5) is 4.39 Å². The van der Waals surface area contributed by atoms with Crippen LogP contribution in [-0.4, -0.2) is 17.5 Å². The molecule has 1 N–H and O–H groups in total. The Morgan fingerprint density at radius 1 is 1.24 bits per heavy atom. The second-order valence-electron chi connectivity index (χ2n) is 6.48. The summed E-state index contributed by atoms with van der Waals surface area (Å²) in [6.45, 7) is 0. The summed E-state index contributed by atoms with van der Waals surface area (Å²) >= 11 is 0. The zero-order chi connectivity index (χ0) is 17.4. The molecule has 5 heteroatoms. The van der Waals surface area contributed by atoms with E-state index in [0.717, 1.165) is 30.5 Å². The minimum Gasteiger partial charge on any atom is -0.325 e. The SMILES string of the molecule is O=C(Cc1ccc(F)cc1)N=C1C=CC2C(=C1)NC(=O)C1=C2CCC1. The van der Waals surface area contributed by atoms with Crippen LogP contribution in [0.3, 0.4) is 0 Å². The van der Waals surface area contributed by atoms with E-state index in [-0.39, 0.29) is 30.0 Å². The number of nitrogens with zero attached hydrogens (tertiary/aromatic N) is 1. The molecule has 1 aliphatic heterocycles. The van der Waals surface area contributed by atoms with Gasteiger partial charge in [0.05, 0.1) is 12.1 Å². The van der Waals surface area contributed by atoms with E-state index in [2.05, 4.69) is 10.3 Å². The van der Waals surface area contributed by atoms with Gasteiger partial charge < -0.3 is 5.32 Å². The van der Waals surface area contributed by atoms with Crippen molar-refractivity contribution in [3.05, 3.63) is 70.7 Å². The fraction of sp³-hybridized carbons (Fsp3) is 0.250. The number of fused-ring (bicyclic) bond motifs is 2. The summed E-state index contributed by atoms with van der Waals surface area (Å²) in [6, 6.07) is 5.81. The molecule has 1 aromatic rings. The third-order valence-electron chi connectivity index (χ3n) is 4.79. The number of benzene rings is 1. The van der Waals surface area contributed by atoms with Crippen LogP contribution >= 0.6 is 0 Å². The number of rotatable bonds is 2. The number of amides is 2. The van der Waals surface area contributed by atoms with E-state index in [1.807, 2.05) is 12.2 Å². The van der Waals surface area contributed by atoms with E-state index in [1.54, 1.807) is 18.2 Å². The molecule has 25 heavy (non-hydrogen) atoms. The van der Waals surface area contributed by atoms with Crippen molar-refractivity contribution in [1.82, 2.24) is 5.32 Å². The molecule has 0 saturated carbocycles. The molecule has 0 aromatic heterocycles. The first-order valence-corrected chi connectivity index (χ1v) is 8.39. The molecule has 0 fully saturated rings. The smallest absolute Gasteiger partial charge is 0.251 e. The first-order chi connectivity index (χ1) is 12.1. The summed E-state index contributed by atoms with van der Waals surface area (Å²) in [5.41, 5.74) is 4.15. The molecule has 0 radical (unpaired) electrons. The van der Waals surface area contributed by atoms with Crippen LogP contribution in [-0.2, 0) is 16.0 Å². The Bertz CT molecular complexity index is 875. The number of hydrogen-bond acceptors (Lipinski definition) is 2. The second-order valence-corrected chi connectivity index (χ2v) is 6.48. The Hall–Kier alpha value is -2.82. The molecule has 3 aliphatic rings. The van der Waals surface area contributed by atoms with Crippen molar-refractivity contribution in [2.45, 2.75) is 25.7 Å². The Balaban J connectivity index is 1.52. The number of hydrogen-bond donors (Lipinski definition) is 1. The van der Waals surface area contributed by atoms with Crippen molar-refractivity contribution in [3.63, 3.8) is 0 Å². The molecule has 1 aromatic carbocycles. The molecule has 0 spiro atoms. The van der Waals surface area contributed by atoms with Crippen molar-refractivity contribution in [2.24, 2.45) is 10.9 Å². The minimum absolute atomic E-state index is 0.0257. The summed E-state index contributed by atoms with van der Waals surface area (Å²) < 4.78 is 12.9. The zero-order valence-electron chi connectivity index (χ0n) is 13.6. The second kappa shape index (κ2) is 6.24. The third kappa shape index (κ3) is 3.09. The Labute approximate surface area is 144 Å². The van der Waals surface area contributed by atoms with E-state index in [0.29, 0.717) is 11.3 Å². The Morgan fingerprint density at radius 3 is 2.84 bits per heavy atom. The summed E-state index contributed by atoms with van der Waals surface area (Å²) in [5.74, 6) is -0.560. The summed E-state index contributed by atoms with van der Waals surface area (Å²) in [4.78, 5) is 28.4. The van der Waals surface area contributed by atoms with Crippen molar-refractivity contribution in [1.29, 1.82) is 0 Å². The highest BCUT2D eigenvalue weighted by molar-refractivity contribution is 6.11. The van der Waals surface area contributed by atoms with Crippen LogP contribution in [0.5, 0.6) is 0 Å². The lowest BCUT2D eigenvalue weighted by atomic mass is 9.85. The maximum atomic E-state index is 12.9. The number of nitrogens with one attached hydrogen (secondary N) is 1. The molecular formula is C20H17FN2O2. The normalized spacial score (nSPS) is 23.2. The molecule has 2 aliphatic carbocycles. The predicted molar refractivity (Wildman–Crippen MR) is 92.3 cm³/mol. The zero-order valence-corrected chi connectivity index (χ0v) is 13.6. The quantitative estimate of drug-likeness (QED) is 0.902. The van der Waals surface area contributed by atoms with Gasteiger partial charge in [-0.15, -0.1) is 0 Å². The van der Waals surface area contributed by atoms with Crippen LogP contribution in [0.1, 0.15) is 24.8 Å². The van der Waals surface area contributed by atoms with Crippen molar-refractivity contribution >= 4 is 17.5 Å². The van der Waals surface area contributed by atoms with Gasteiger partial charge in [-0.2, -0.15) is 0 Å². The van der Waals surface area contributed by atoms with Crippen molar-refractivity contribution in [3.8, 4) is 0 Å². The lowest BCUT2D eigenvalue weighted by Crippen LogP contribution is -2.35. The minimum atomic E-state index is -0.331. The Morgan fingerprint density at radius 2 is 2.04 bits per heavy atom. The maximum absolute atomic E-state index is 12.9. The van der Waals surface area contributed by atoms with E-state index < -0.39 is 0 Å². The van der Waals surface area contributed by atoms with Gasteiger partial charge in [0.2, 0.25) is 0 Å². The predicted octanol–water partition coefficient (Wildman–Crippen LogP) is 3.02. The third-order valence-corrected chi connectivity index (χ3v) is 4.79. The molecule has 0 saturated heterocycles. The molecule has 126 valence electrons. The molecule has 4 nitrogen and oxygen atoms in total. The van der Waals surface area contributed by atoms with Crippen LogP contribution in [0, 0.1) is 11.7 Å². The van der Waals surface area contributed by atoms with Crippen LogP contribution in [0.2, 0.25) is 0 Å². The van der Waals surface area contributed by atoms with Gasteiger partial charge in [0.15, 0.2) is 0 Å². The first kappa shape index (κ1) is 15.7. The number of carbonyl (C=O) groups excluding carboxylic acids is 2. The molecule has 0 bridgehead atoms. The van der Waals surface area contributed by atoms with Crippen LogP contribution < -0.4 is 5.32 Å². The van der Waals surface area contributed by atoms with E-state index >= 15 is 0 Å². The van der Waals surface area contributed by atoms with Crippen LogP contribution in [0.25, 0.3) is 0 Å². The van der Waals surface area contributed by atoms with Gasteiger partial charge in [0.25, 0.3) is 11.8 Å². The standard InChI is InChI=1S/C20H17FN2O2/c21-13-6-4-12(5-7-13)10-19(24)22-14-8-9-16-15-2-1-3-17(15)20(25)23-18(16)11-14/h4-9,11,16H,1-3,10H2,(H,23,25). The van der Waals surface area contributed by atoms with Gasteiger partial charge >= 0.3 is 0 Å². The van der Waals surface area contributed by atoms with Gasteiger partial charge in [0, 0.05) is 17.2 Å².